The van der Waals surface area contributed by atoms with Crippen molar-refractivity contribution in [3.63, 3.8) is 0 Å². The van der Waals surface area contributed by atoms with Crippen LogP contribution in [0.5, 0.6) is 0 Å². The maximum atomic E-state index is 6.15. The Hall–Kier alpha value is -1.57. The zero-order valence-electron chi connectivity index (χ0n) is 11.5. The molecule has 18 heavy (non-hydrogen) atoms. The van der Waals surface area contributed by atoms with Crippen LogP contribution in [-0.2, 0) is 6.42 Å². The van der Waals surface area contributed by atoms with E-state index in [-0.39, 0.29) is 0 Å². The minimum Gasteiger partial charge on any atom is -0.398 e. The van der Waals surface area contributed by atoms with E-state index in [0.29, 0.717) is 5.92 Å². The lowest BCUT2D eigenvalue weighted by atomic mass is 10.0. The summed E-state index contributed by atoms with van der Waals surface area (Å²) in [7, 11) is 0. The molecule has 2 N–H and O–H groups in total. The summed E-state index contributed by atoms with van der Waals surface area (Å²) >= 11 is 0. The highest BCUT2D eigenvalue weighted by Gasteiger charge is 2.07. The average Bonchev–Trinajstić information content (AvgIpc) is 2.36. The van der Waals surface area contributed by atoms with Crippen molar-refractivity contribution in [3.8, 4) is 0 Å². The van der Waals surface area contributed by atoms with Crippen LogP contribution >= 0.6 is 0 Å². The summed E-state index contributed by atoms with van der Waals surface area (Å²) < 4.78 is 0. The Balaban J connectivity index is 2.44. The monoisotopic (exact) mass is 242 g/mol. The lowest BCUT2D eigenvalue weighted by molar-refractivity contribution is 0.795. The Bertz CT molecular complexity index is 544. The first-order valence-electron chi connectivity index (χ1n) is 6.81. The van der Waals surface area contributed by atoms with Gasteiger partial charge >= 0.3 is 0 Å². The molecule has 0 radical (unpaired) electrons. The Kier molecular flexibility index (Phi) is 3.85. The molecule has 96 valence electrons. The van der Waals surface area contributed by atoms with Gasteiger partial charge in [-0.2, -0.15) is 0 Å². The predicted molar refractivity (Wildman–Crippen MR) is 78.9 cm³/mol. The summed E-state index contributed by atoms with van der Waals surface area (Å²) in [5, 5.41) is 1.09. The van der Waals surface area contributed by atoms with Gasteiger partial charge in [0.25, 0.3) is 0 Å². The van der Waals surface area contributed by atoms with Gasteiger partial charge in [0.1, 0.15) is 0 Å². The van der Waals surface area contributed by atoms with Crippen LogP contribution in [0.15, 0.2) is 24.3 Å². The van der Waals surface area contributed by atoms with Crippen molar-refractivity contribution in [2.45, 2.75) is 46.0 Å². The molecule has 0 saturated heterocycles. The van der Waals surface area contributed by atoms with Gasteiger partial charge in [0.15, 0.2) is 0 Å². The normalized spacial score (nSPS) is 11.3. The maximum absolute atomic E-state index is 6.15. The molecule has 0 fully saturated rings. The summed E-state index contributed by atoms with van der Waals surface area (Å²) in [5.74, 6) is 0.413. The van der Waals surface area contributed by atoms with Crippen LogP contribution in [0.1, 0.15) is 50.8 Å². The van der Waals surface area contributed by atoms with Crippen LogP contribution in [0.3, 0.4) is 0 Å². The molecular weight excluding hydrogens is 220 g/mol. The standard InChI is InChI=1S/C16H22N2/c1-4-5-6-12-7-8-15-13(9-12)14(17)10-16(18-15)11(2)3/h7-11H,4-6H2,1-3H3,(H2,17,18). The van der Waals surface area contributed by atoms with Crippen LogP contribution in [0.2, 0.25) is 0 Å². The minimum absolute atomic E-state index is 0.413. The van der Waals surface area contributed by atoms with Crippen molar-refractivity contribution in [1.29, 1.82) is 0 Å². The zero-order chi connectivity index (χ0) is 13.1. The van der Waals surface area contributed by atoms with E-state index in [1.165, 1.54) is 18.4 Å². The Morgan fingerprint density at radius 2 is 2.00 bits per heavy atom. The third kappa shape index (κ3) is 2.63. The van der Waals surface area contributed by atoms with Crippen molar-refractivity contribution in [2.75, 3.05) is 5.73 Å². The molecule has 2 aromatic rings. The van der Waals surface area contributed by atoms with E-state index >= 15 is 0 Å². The first kappa shape index (κ1) is 12.9. The molecule has 2 rings (SSSR count). The van der Waals surface area contributed by atoms with Gasteiger partial charge in [-0.3, -0.25) is 4.98 Å². The third-order valence-electron chi connectivity index (χ3n) is 3.34. The number of benzene rings is 1. The number of nitrogens with zero attached hydrogens (tertiary/aromatic N) is 1. The molecular formula is C16H22N2. The van der Waals surface area contributed by atoms with Crippen LogP contribution in [-0.4, -0.2) is 4.98 Å². The summed E-state index contributed by atoms with van der Waals surface area (Å²) in [5.41, 5.74) is 10.4. The van der Waals surface area contributed by atoms with Gasteiger partial charge in [0, 0.05) is 16.8 Å². The number of hydrogen-bond acceptors (Lipinski definition) is 2. The number of nitrogens with two attached hydrogens (primary N) is 1. The number of rotatable bonds is 4. The van der Waals surface area contributed by atoms with E-state index in [9.17, 15) is 0 Å². The highest BCUT2D eigenvalue weighted by Crippen LogP contribution is 2.25. The smallest absolute Gasteiger partial charge is 0.0726 e. The van der Waals surface area contributed by atoms with Crippen LogP contribution in [0.25, 0.3) is 10.9 Å². The van der Waals surface area contributed by atoms with E-state index in [4.69, 9.17) is 5.73 Å². The molecule has 2 nitrogen and oxygen atoms in total. The number of pyridine rings is 1. The second-order valence-corrected chi connectivity index (χ2v) is 5.25. The molecule has 2 heteroatoms. The number of unbranched alkanes of at least 4 members (excludes halogenated alkanes) is 1. The molecule has 1 heterocycles. The molecule has 0 aliphatic heterocycles. The van der Waals surface area contributed by atoms with Crippen molar-refractivity contribution in [3.05, 3.63) is 35.5 Å². The molecule has 0 unspecified atom stereocenters. The van der Waals surface area contributed by atoms with E-state index < -0.39 is 0 Å². The van der Waals surface area contributed by atoms with Gasteiger partial charge < -0.3 is 5.73 Å². The van der Waals surface area contributed by atoms with Gasteiger partial charge in [-0.25, -0.2) is 0 Å². The number of anilines is 1. The molecule has 0 saturated carbocycles. The van der Waals surface area contributed by atoms with Crippen molar-refractivity contribution in [1.82, 2.24) is 4.98 Å². The van der Waals surface area contributed by atoms with Crippen molar-refractivity contribution >= 4 is 16.6 Å². The Labute approximate surface area is 109 Å². The highest BCUT2D eigenvalue weighted by molar-refractivity contribution is 5.90. The Morgan fingerprint density at radius 3 is 2.67 bits per heavy atom. The van der Waals surface area contributed by atoms with E-state index in [2.05, 4.69) is 44.0 Å². The second kappa shape index (κ2) is 5.38. The summed E-state index contributed by atoms with van der Waals surface area (Å²) in [6.45, 7) is 6.50. The van der Waals surface area contributed by atoms with Crippen molar-refractivity contribution in [2.24, 2.45) is 0 Å². The molecule has 0 atom stereocenters. The van der Waals surface area contributed by atoms with Gasteiger partial charge in [-0.1, -0.05) is 33.3 Å². The first-order valence-corrected chi connectivity index (χ1v) is 6.81. The minimum atomic E-state index is 0.413. The van der Waals surface area contributed by atoms with Gasteiger partial charge in [0.05, 0.1) is 5.52 Å². The quantitative estimate of drug-likeness (QED) is 0.869. The lowest BCUT2D eigenvalue weighted by Crippen LogP contribution is -1.98. The number of aromatic nitrogens is 1. The SMILES string of the molecule is CCCCc1ccc2nc(C(C)C)cc(N)c2c1. The van der Waals surface area contributed by atoms with E-state index in [1.54, 1.807) is 0 Å². The summed E-state index contributed by atoms with van der Waals surface area (Å²) in [4.78, 5) is 4.68. The average molecular weight is 242 g/mol. The highest BCUT2D eigenvalue weighted by atomic mass is 14.7. The topological polar surface area (TPSA) is 38.9 Å². The van der Waals surface area contributed by atoms with E-state index in [0.717, 1.165) is 28.7 Å². The largest absolute Gasteiger partial charge is 0.398 e. The van der Waals surface area contributed by atoms with Crippen LogP contribution in [0, 0.1) is 0 Å². The fraction of sp³-hybridized carbons (Fsp3) is 0.438. The zero-order valence-corrected chi connectivity index (χ0v) is 11.5. The number of hydrogen-bond donors (Lipinski definition) is 1. The van der Waals surface area contributed by atoms with Crippen molar-refractivity contribution < 1.29 is 0 Å². The molecule has 0 bridgehead atoms. The number of aryl methyl sites for hydroxylation is 1. The number of nitrogen functional groups attached to an aromatic ring is 1. The molecule has 0 amide bonds. The fourth-order valence-electron chi connectivity index (χ4n) is 2.15. The summed E-state index contributed by atoms with van der Waals surface area (Å²) in [6.07, 6.45) is 3.57. The summed E-state index contributed by atoms with van der Waals surface area (Å²) in [6, 6.07) is 8.48. The van der Waals surface area contributed by atoms with Gasteiger partial charge in [-0.15, -0.1) is 0 Å². The predicted octanol–water partition coefficient (Wildman–Crippen LogP) is 4.28. The van der Waals surface area contributed by atoms with Gasteiger partial charge in [-0.05, 0) is 42.5 Å². The lowest BCUT2D eigenvalue weighted by Gasteiger charge is -2.10. The van der Waals surface area contributed by atoms with E-state index in [1.807, 2.05) is 6.07 Å². The van der Waals surface area contributed by atoms with Crippen LogP contribution < -0.4 is 5.73 Å². The number of fused-ring (bicyclic) bond motifs is 1. The van der Waals surface area contributed by atoms with Crippen LogP contribution in [0.4, 0.5) is 5.69 Å². The molecule has 1 aromatic heterocycles. The molecule has 0 aliphatic carbocycles. The van der Waals surface area contributed by atoms with Gasteiger partial charge in [0.2, 0.25) is 0 Å². The third-order valence-corrected chi connectivity index (χ3v) is 3.34. The second-order valence-electron chi connectivity index (χ2n) is 5.25. The fourth-order valence-corrected chi connectivity index (χ4v) is 2.15. The maximum Gasteiger partial charge on any atom is 0.0726 e. The molecule has 0 spiro atoms. The molecule has 1 aromatic carbocycles. The first-order chi connectivity index (χ1) is 8.61. The molecule has 0 aliphatic rings. The Morgan fingerprint density at radius 1 is 1.22 bits per heavy atom.